The Morgan fingerprint density at radius 3 is 2.86 bits per heavy atom. The van der Waals surface area contributed by atoms with Crippen LogP contribution in [0.4, 0.5) is 9.80 Å². The first kappa shape index (κ1) is 15.5. The van der Waals surface area contributed by atoms with Crippen LogP contribution in [0.5, 0.6) is 0 Å². The first-order valence-corrected chi connectivity index (χ1v) is 9.30. The predicted octanol–water partition coefficient (Wildman–Crippen LogP) is 3.25. The van der Waals surface area contributed by atoms with Gasteiger partial charge in [0.15, 0.2) is 0 Å². The number of nitrogens with zero attached hydrogens (tertiary/aromatic N) is 1. The second-order valence-electron chi connectivity index (χ2n) is 4.99. The summed E-state index contributed by atoms with van der Waals surface area (Å²) in [4.78, 5) is 14.4. The van der Waals surface area contributed by atoms with Crippen molar-refractivity contribution in [3.8, 4) is 0 Å². The van der Waals surface area contributed by atoms with E-state index in [1.54, 1.807) is 6.26 Å². The molecule has 1 saturated heterocycles. The standard InChI is InChI=1S/C15H19N3O2S2/c19-15(17-14-4-2-8-22-14)16-11-12(13-3-1-7-20-13)18-5-9-21-10-6-18/h1-4,7-8,12H,5-6,9-11H2,(H2,16,17,19)/t12-/m1/s1. The summed E-state index contributed by atoms with van der Waals surface area (Å²) in [5.74, 6) is 3.15. The van der Waals surface area contributed by atoms with E-state index in [9.17, 15) is 4.79 Å². The average molecular weight is 337 g/mol. The monoisotopic (exact) mass is 337 g/mol. The molecule has 1 fully saturated rings. The van der Waals surface area contributed by atoms with Crippen molar-refractivity contribution >= 4 is 34.1 Å². The molecule has 118 valence electrons. The molecular formula is C15H19N3O2S2. The molecule has 2 N–H and O–H groups in total. The molecule has 0 saturated carbocycles. The van der Waals surface area contributed by atoms with E-state index in [-0.39, 0.29) is 12.1 Å². The van der Waals surface area contributed by atoms with Crippen LogP contribution in [-0.2, 0) is 0 Å². The van der Waals surface area contributed by atoms with Crippen molar-refractivity contribution in [1.29, 1.82) is 0 Å². The number of hydrogen-bond acceptors (Lipinski definition) is 5. The summed E-state index contributed by atoms with van der Waals surface area (Å²) in [6, 6.07) is 7.58. The van der Waals surface area contributed by atoms with Crippen molar-refractivity contribution in [2.45, 2.75) is 6.04 Å². The molecule has 1 atom stereocenters. The molecule has 3 rings (SSSR count). The summed E-state index contributed by atoms with van der Waals surface area (Å²) in [6.45, 7) is 2.57. The number of nitrogens with one attached hydrogen (secondary N) is 2. The highest BCUT2D eigenvalue weighted by Crippen LogP contribution is 2.24. The van der Waals surface area contributed by atoms with Gasteiger partial charge in [0.25, 0.3) is 0 Å². The summed E-state index contributed by atoms with van der Waals surface area (Å²) in [5, 5.41) is 8.58. The Bertz CT molecular complexity index is 566. The Morgan fingerprint density at radius 1 is 1.32 bits per heavy atom. The van der Waals surface area contributed by atoms with Crippen LogP contribution in [0.15, 0.2) is 40.3 Å². The fourth-order valence-electron chi connectivity index (χ4n) is 2.47. The molecule has 3 heterocycles. The Labute approximate surface area is 138 Å². The molecule has 2 aromatic rings. The Balaban J connectivity index is 1.59. The maximum Gasteiger partial charge on any atom is 0.319 e. The fourth-order valence-corrected chi connectivity index (χ4v) is 4.02. The molecule has 22 heavy (non-hydrogen) atoms. The lowest BCUT2D eigenvalue weighted by Crippen LogP contribution is -2.42. The molecule has 7 heteroatoms. The number of urea groups is 1. The van der Waals surface area contributed by atoms with Gasteiger partial charge in [0.05, 0.1) is 17.3 Å². The summed E-state index contributed by atoms with van der Waals surface area (Å²) in [5.41, 5.74) is 0. The minimum absolute atomic E-state index is 0.0879. The molecule has 0 unspecified atom stereocenters. The van der Waals surface area contributed by atoms with Crippen LogP contribution >= 0.6 is 23.1 Å². The molecule has 5 nitrogen and oxygen atoms in total. The molecule has 1 aliphatic rings. The van der Waals surface area contributed by atoms with Crippen LogP contribution < -0.4 is 10.6 Å². The molecule has 2 amide bonds. The predicted molar refractivity (Wildman–Crippen MR) is 91.7 cm³/mol. The molecular weight excluding hydrogens is 318 g/mol. The van der Waals surface area contributed by atoms with Crippen molar-refractivity contribution < 1.29 is 9.21 Å². The van der Waals surface area contributed by atoms with Crippen molar-refractivity contribution in [2.24, 2.45) is 0 Å². The third-order valence-corrected chi connectivity index (χ3v) is 5.30. The van der Waals surface area contributed by atoms with Crippen LogP contribution in [0.2, 0.25) is 0 Å². The molecule has 2 aromatic heterocycles. The van der Waals surface area contributed by atoms with E-state index < -0.39 is 0 Å². The minimum Gasteiger partial charge on any atom is -0.468 e. The molecule has 0 aromatic carbocycles. The number of anilines is 1. The lowest BCUT2D eigenvalue weighted by molar-refractivity contribution is 0.187. The Kier molecular flexibility index (Phi) is 5.42. The van der Waals surface area contributed by atoms with Gasteiger partial charge >= 0.3 is 6.03 Å². The number of thiophene rings is 1. The van der Waals surface area contributed by atoms with Gasteiger partial charge in [0.1, 0.15) is 5.76 Å². The van der Waals surface area contributed by atoms with Crippen molar-refractivity contribution in [2.75, 3.05) is 36.5 Å². The summed E-state index contributed by atoms with van der Waals surface area (Å²) in [6.07, 6.45) is 1.69. The maximum absolute atomic E-state index is 12.0. The SMILES string of the molecule is O=C(NC[C@H](c1ccco1)N1CCSCC1)Nc1cccs1. The van der Waals surface area contributed by atoms with Gasteiger partial charge in [-0.2, -0.15) is 11.8 Å². The number of carbonyl (C=O) groups is 1. The quantitative estimate of drug-likeness (QED) is 0.879. The van der Waals surface area contributed by atoms with Crippen molar-refractivity contribution in [1.82, 2.24) is 10.2 Å². The van der Waals surface area contributed by atoms with E-state index >= 15 is 0 Å². The van der Waals surface area contributed by atoms with E-state index in [4.69, 9.17) is 4.42 Å². The molecule has 1 aliphatic heterocycles. The number of hydrogen-bond donors (Lipinski definition) is 2. The number of rotatable bonds is 5. The molecule has 0 aliphatic carbocycles. The van der Waals surface area contributed by atoms with Crippen molar-refractivity contribution in [3.63, 3.8) is 0 Å². The molecule has 0 spiro atoms. The fraction of sp³-hybridized carbons (Fsp3) is 0.400. The second-order valence-corrected chi connectivity index (χ2v) is 7.16. The highest BCUT2D eigenvalue weighted by Gasteiger charge is 2.25. The van der Waals surface area contributed by atoms with Crippen LogP contribution in [0.1, 0.15) is 11.8 Å². The summed E-state index contributed by atoms with van der Waals surface area (Å²) >= 11 is 3.48. The second kappa shape index (κ2) is 7.71. The van der Waals surface area contributed by atoms with Gasteiger partial charge in [0, 0.05) is 31.1 Å². The van der Waals surface area contributed by atoms with Gasteiger partial charge in [-0.25, -0.2) is 4.79 Å². The normalized spacial score (nSPS) is 17.1. The first-order chi connectivity index (χ1) is 10.8. The van der Waals surface area contributed by atoms with Crippen LogP contribution in [0.25, 0.3) is 0 Å². The van der Waals surface area contributed by atoms with E-state index in [1.165, 1.54) is 11.3 Å². The van der Waals surface area contributed by atoms with Gasteiger partial charge in [-0.05, 0) is 29.6 Å². The Morgan fingerprint density at radius 2 is 2.18 bits per heavy atom. The first-order valence-electron chi connectivity index (χ1n) is 7.26. The highest BCUT2D eigenvalue weighted by atomic mass is 32.2. The topological polar surface area (TPSA) is 57.5 Å². The Hall–Kier alpha value is -1.44. The number of carbonyl (C=O) groups excluding carboxylic acids is 1. The van der Waals surface area contributed by atoms with Gasteiger partial charge in [-0.15, -0.1) is 11.3 Å². The maximum atomic E-state index is 12.0. The molecule has 0 bridgehead atoms. The zero-order chi connectivity index (χ0) is 15.2. The van der Waals surface area contributed by atoms with Gasteiger partial charge in [0.2, 0.25) is 0 Å². The average Bonchev–Trinajstić information content (AvgIpc) is 3.22. The van der Waals surface area contributed by atoms with Crippen LogP contribution in [0.3, 0.4) is 0 Å². The lowest BCUT2D eigenvalue weighted by Gasteiger charge is -2.33. The van der Waals surface area contributed by atoms with Gasteiger partial charge in [-0.1, -0.05) is 0 Å². The number of amides is 2. The zero-order valence-electron chi connectivity index (χ0n) is 12.2. The van der Waals surface area contributed by atoms with Gasteiger partial charge in [-0.3, -0.25) is 10.2 Å². The van der Waals surface area contributed by atoms with Crippen LogP contribution in [0, 0.1) is 0 Å². The van der Waals surface area contributed by atoms with E-state index in [1.807, 2.05) is 41.4 Å². The summed E-state index contributed by atoms with van der Waals surface area (Å²) in [7, 11) is 0. The van der Waals surface area contributed by atoms with E-state index in [0.717, 1.165) is 35.4 Å². The number of thioether (sulfide) groups is 1. The van der Waals surface area contributed by atoms with E-state index in [2.05, 4.69) is 15.5 Å². The molecule has 0 radical (unpaired) electrons. The largest absolute Gasteiger partial charge is 0.468 e. The third kappa shape index (κ3) is 4.06. The third-order valence-electron chi connectivity index (χ3n) is 3.57. The highest BCUT2D eigenvalue weighted by molar-refractivity contribution is 7.99. The number of furan rings is 1. The lowest BCUT2D eigenvalue weighted by atomic mass is 10.2. The van der Waals surface area contributed by atoms with Crippen molar-refractivity contribution in [3.05, 3.63) is 41.7 Å². The van der Waals surface area contributed by atoms with Gasteiger partial charge < -0.3 is 9.73 Å². The summed E-state index contributed by atoms with van der Waals surface area (Å²) < 4.78 is 5.57. The minimum atomic E-state index is -0.176. The van der Waals surface area contributed by atoms with Crippen LogP contribution in [-0.4, -0.2) is 42.1 Å². The van der Waals surface area contributed by atoms with E-state index in [0.29, 0.717) is 6.54 Å². The smallest absolute Gasteiger partial charge is 0.319 e. The zero-order valence-corrected chi connectivity index (χ0v) is 13.8.